The van der Waals surface area contributed by atoms with Crippen LogP contribution in [0.4, 0.5) is 5.69 Å². The summed E-state index contributed by atoms with van der Waals surface area (Å²) in [6, 6.07) is 6.89. The molecule has 2 N–H and O–H groups in total. The molecule has 7 heteroatoms. The lowest BCUT2D eigenvalue weighted by Gasteiger charge is -2.07. The molecule has 2 rings (SSSR count). The predicted octanol–water partition coefficient (Wildman–Crippen LogP) is 1.71. The van der Waals surface area contributed by atoms with Gasteiger partial charge >= 0.3 is 5.97 Å². The number of aromatic nitrogens is 2. The molecular weight excluding hydrogens is 274 g/mol. The summed E-state index contributed by atoms with van der Waals surface area (Å²) in [7, 11) is 0. The molecule has 0 atom stereocenters. The zero-order valence-electron chi connectivity index (χ0n) is 11.2. The van der Waals surface area contributed by atoms with Crippen LogP contribution in [-0.4, -0.2) is 27.0 Å². The molecule has 1 aromatic heterocycles. The fourth-order valence-corrected chi connectivity index (χ4v) is 1.55. The van der Waals surface area contributed by atoms with E-state index in [4.69, 9.17) is 9.84 Å². The second kappa shape index (κ2) is 6.47. The van der Waals surface area contributed by atoms with Crippen LogP contribution in [0.25, 0.3) is 0 Å². The van der Waals surface area contributed by atoms with Crippen molar-refractivity contribution in [3.05, 3.63) is 48.0 Å². The molecule has 0 bridgehead atoms. The summed E-state index contributed by atoms with van der Waals surface area (Å²) < 4.78 is 5.49. The van der Waals surface area contributed by atoms with Gasteiger partial charge in [0.05, 0.1) is 5.56 Å². The maximum absolute atomic E-state index is 11.0. The van der Waals surface area contributed by atoms with Gasteiger partial charge in [-0.25, -0.2) is 14.8 Å². The van der Waals surface area contributed by atoms with E-state index >= 15 is 0 Å². The van der Waals surface area contributed by atoms with Gasteiger partial charge in [-0.2, -0.15) is 0 Å². The Kier molecular flexibility index (Phi) is 4.45. The number of rotatable bonds is 5. The van der Waals surface area contributed by atoms with Crippen LogP contribution in [0, 0.1) is 0 Å². The van der Waals surface area contributed by atoms with E-state index in [1.807, 2.05) is 0 Å². The molecule has 1 heterocycles. The summed E-state index contributed by atoms with van der Waals surface area (Å²) >= 11 is 0. The summed E-state index contributed by atoms with van der Waals surface area (Å²) in [6.45, 7) is 1.52. The lowest BCUT2D eigenvalue weighted by Crippen LogP contribution is -2.06. The zero-order valence-corrected chi connectivity index (χ0v) is 11.2. The summed E-state index contributed by atoms with van der Waals surface area (Å²) in [4.78, 5) is 29.4. The second-order valence-electron chi connectivity index (χ2n) is 4.19. The van der Waals surface area contributed by atoms with Crippen molar-refractivity contribution < 1.29 is 19.4 Å². The minimum absolute atomic E-state index is 0.0198. The molecule has 21 heavy (non-hydrogen) atoms. The van der Waals surface area contributed by atoms with Crippen molar-refractivity contribution in [2.75, 3.05) is 5.32 Å². The predicted molar refractivity (Wildman–Crippen MR) is 74.1 cm³/mol. The molecule has 0 saturated carbocycles. The van der Waals surface area contributed by atoms with Crippen molar-refractivity contribution in [1.29, 1.82) is 0 Å². The maximum Gasteiger partial charge on any atom is 0.338 e. The highest BCUT2D eigenvalue weighted by atomic mass is 16.5. The number of amides is 1. The zero-order chi connectivity index (χ0) is 15.2. The van der Waals surface area contributed by atoms with Gasteiger partial charge in [-0.1, -0.05) is 6.07 Å². The topological polar surface area (TPSA) is 101 Å². The standard InChI is InChI=1S/C14H13N3O4/c1-9(18)17-11-3-2-4-12(5-11)21-8-13-15-6-10(7-16-13)14(19)20/h2-7H,8H2,1H3,(H,17,18)(H,19,20). The first-order chi connectivity index (χ1) is 10.0. The molecule has 1 aromatic carbocycles. The molecule has 0 fully saturated rings. The van der Waals surface area contributed by atoms with Gasteiger partial charge < -0.3 is 15.2 Å². The van der Waals surface area contributed by atoms with Gasteiger partial charge in [0.15, 0.2) is 5.82 Å². The van der Waals surface area contributed by atoms with Crippen LogP contribution in [-0.2, 0) is 11.4 Å². The molecule has 0 aliphatic rings. The van der Waals surface area contributed by atoms with E-state index in [9.17, 15) is 9.59 Å². The van der Waals surface area contributed by atoms with Crippen LogP contribution >= 0.6 is 0 Å². The molecule has 7 nitrogen and oxygen atoms in total. The lowest BCUT2D eigenvalue weighted by atomic mass is 10.3. The number of aromatic carboxylic acids is 1. The largest absolute Gasteiger partial charge is 0.486 e. The van der Waals surface area contributed by atoms with Crippen molar-refractivity contribution in [2.24, 2.45) is 0 Å². The Bertz CT molecular complexity index is 656. The lowest BCUT2D eigenvalue weighted by molar-refractivity contribution is -0.114. The highest BCUT2D eigenvalue weighted by molar-refractivity contribution is 5.88. The molecule has 0 radical (unpaired) electrons. The highest BCUT2D eigenvalue weighted by Crippen LogP contribution is 2.18. The molecule has 0 spiro atoms. The minimum Gasteiger partial charge on any atom is -0.486 e. The second-order valence-corrected chi connectivity index (χ2v) is 4.19. The molecule has 0 aliphatic carbocycles. The summed E-state index contributed by atoms with van der Waals surface area (Å²) in [6.07, 6.45) is 2.45. The van der Waals surface area contributed by atoms with Crippen molar-refractivity contribution >= 4 is 17.6 Å². The van der Waals surface area contributed by atoms with Crippen LogP contribution < -0.4 is 10.1 Å². The Morgan fingerprint density at radius 2 is 2.00 bits per heavy atom. The Hall–Kier alpha value is -2.96. The Balaban J connectivity index is 1.99. The molecule has 0 aliphatic heterocycles. The number of carboxylic acids is 1. The van der Waals surface area contributed by atoms with E-state index in [-0.39, 0.29) is 18.1 Å². The SMILES string of the molecule is CC(=O)Nc1cccc(OCc2ncc(C(=O)O)cn2)c1. The van der Waals surface area contributed by atoms with Crippen molar-refractivity contribution in [3.8, 4) is 5.75 Å². The van der Waals surface area contributed by atoms with Crippen molar-refractivity contribution in [3.63, 3.8) is 0 Å². The Morgan fingerprint density at radius 1 is 1.29 bits per heavy atom. The number of nitrogens with zero attached hydrogens (tertiary/aromatic N) is 2. The first-order valence-electron chi connectivity index (χ1n) is 6.09. The van der Waals surface area contributed by atoms with Crippen LogP contribution in [0.5, 0.6) is 5.75 Å². The molecular formula is C14H13N3O4. The van der Waals surface area contributed by atoms with Crippen LogP contribution in [0.2, 0.25) is 0 Å². The number of hydrogen-bond acceptors (Lipinski definition) is 5. The third-order valence-electron chi connectivity index (χ3n) is 2.47. The number of benzene rings is 1. The van der Waals surface area contributed by atoms with Gasteiger partial charge in [0.2, 0.25) is 5.91 Å². The number of carbonyl (C=O) groups excluding carboxylic acids is 1. The highest BCUT2D eigenvalue weighted by Gasteiger charge is 2.05. The molecule has 0 saturated heterocycles. The fraction of sp³-hybridized carbons (Fsp3) is 0.143. The van der Waals surface area contributed by atoms with E-state index in [0.29, 0.717) is 17.3 Å². The Morgan fingerprint density at radius 3 is 2.62 bits per heavy atom. The number of ether oxygens (including phenoxy) is 1. The van der Waals surface area contributed by atoms with E-state index in [0.717, 1.165) is 0 Å². The third-order valence-corrected chi connectivity index (χ3v) is 2.47. The fourth-order valence-electron chi connectivity index (χ4n) is 1.55. The first-order valence-corrected chi connectivity index (χ1v) is 6.09. The minimum atomic E-state index is -1.08. The molecule has 2 aromatic rings. The summed E-state index contributed by atoms with van der Waals surface area (Å²) in [5, 5.41) is 11.4. The molecule has 0 unspecified atom stereocenters. The van der Waals surface area contributed by atoms with E-state index < -0.39 is 5.97 Å². The summed E-state index contributed by atoms with van der Waals surface area (Å²) in [5.74, 6) is -0.331. The molecule has 108 valence electrons. The van der Waals surface area contributed by atoms with Crippen LogP contribution in [0.1, 0.15) is 23.1 Å². The molecule has 1 amide bonds. The average molecular weight is 287 g/mol. The van der Waals surface area contributed by atoms with Gasteiger partial charge in [-0.3, -0.25) is 4.79 Å². The van der Waals surface area contributed by atoms with Crippen LogP contribution in [0.3, 0.4) is 0 Å². The average Bonchev–Trinajstić information content (AvgIpc) is 2.45. The normalized spacial score (nSPS) is 9.95. The quantitative estimate of drug-likeness (QED) is 0.868. The van der Waals surface area contributed by atoms with Crippen molar-refractivity contribution in [1.82, 2.24) is 9.97 Å². The monoisotopic (exact) mass is 287 g/mol. The van der Waals surface area contributed by atoms with Gasteiger partial charge in [0.1, 0.15) is 12.4 Å². The first kappa shape index (κ1) is 14.4. The van der Waals surface area contributed by atoms with E-state index in [1.165, 1.54) is 19.3 Å². The van der Waals surface area contributed by atoms with Gasteiger partial charge in [-0.05, 0) is 12.1 Å². The van der Waals surface area contributed by atoms with Gasteiger partial charge in [-0.15, -0.1) is 0 Å². The number of hydrogen-bond donors (Lipinski definition) is 2. The van der Waals surface area contributed by atoms with E-state index in [1.54, 1.807) is 24.3 Å². The third kappa shape index (κ3) is 4.27. The van der Waals surface area contributed by atoms with Gasteiger partial charge in [0.25, 0.3) is 0 Å². The van der Waals surface area contributed by atoms with E-state index in [2.05, 4.69) is 15.3 Å². The smallest absolute Gasteiger partial charge is 0.338 e. The van der Waals surface area contributed by atoms with Gasteiger partial charge in [0, 0.05) is 31.1 Å². The van der Waals surface area contributed by atoms with Crippen LogP contribution in [0.15, 0.2) is 36.7 Å². The number of anilines is 1. The summed E-state index contributed by atoms with van der Waals surface area (Å²) in [5.41, 5.74) is 0.647. The van der Waals surface area contributed by atoms with Crippen molar-refractivity contribution in [2.45, 2.75) is 13.5 Å². The number of nitrogens with one attached hydrogen (secondary N) is 1. The Labute approximate surface area is 120 Å². The number of carboxylic acid groups (broad SMARTS) is 1. The number of carbonyl (C=O) groups is 2. The maximum atomic E-state index is 11.0.